The summed E-state index contributed by atoms with van der Waals surface area (Å²) in [5, 5.41) is 9.49. The molecular formula is C14H20N2O3. The average Bonchev–Trinajstić information content (AvgIpc) is 2.89. The number of hydrogen-bond donors (Lipinski definition) is 1. The molecule has 0 spiro atoms. The Kier molecular flexibility index (Phi) is 3.24. The molecule has 0 saturated carbocycles. The Morgan fingerprint density at radius 2 is 2.05 bits per heavy atom. The number of fused-ring (bicyclic) bond motifs is 1. The fourth-order valence-corrected chi connectivity index (χ4v) is 2.74. The first kappa shape index (κ1) is 12.6. The summed E-state index contributed by atoms with van der Waals surface area (Å²) in [5.41, 5.74) is 1.13. The fourth-order valence-electron chi connectivity index (χ4n) is 2.74. The lowest BCUT2D eigenvalue weighted by molar-refractivity contribution is 0.0996. The highest BCUT2D eigenvalue weighted by atomic mass is 16.7. The molecule has 0 bridgehead atoms. The smallest absolute Gasteiger partial charge is 0.231 e. The van der Waals surface area contributed by atoms with Gasteiger partial charge in [0.25, 0.3) is 0 Å². The van der Waals surface area contributed by atoms with E-state index in [2.05, 4.69) is 29.8 Å². The van der Waals surface area contributed by atoms with Crippen molar-refractivity contribution in [3.05, 3.63) is 18.2 Å². The predicted octanol–water partition coefficient (Wildman–Crippen LogP) is 0.916. The second-order valence-electron chi connectivity index (χ2n) is 5.29. The standard InChI is InChI=1S/C14H20N2O3/c1-10-6-16(7-12(8-17)15(10)2)11-3-4-13-14(5-11)19-9-18-13/h3-5,10,12,17H,6-9H2,1-2H3. The van der Waals surface area contributed by atoms with Crippen LogP contribution in [0.4, 0.5) is 5.69 Å². The van der Waals surface area contributed by atoms with Crippen molar-refractivity contribution in [1.29, 1.82) is 0 Å². The molecule has 1 fully saturated rings. The van der Waals surface area contributed by atoms with Crippen LogP contribution in [0.3, 0.4) is 0 Å². The van der Waals surface area contributed by atoms with Crippen molar-refractivity contribution in [2.75, 3.05) is 38.4 Å². The van der Waals surface area contributed by atoms with Gasteiger partial charge >= 0.3 is 0 Å². The van der Waals surface area contributed by atoms with Crippen LogP contribution in [0.1, 0.15) is 6.92 Å². The third-order valence-corrected chi connectivity index (χ3v) is 4.12. The fraction of sp³-hybridized carbons (Fsp3) is 0.571. The van der Waals surface area contributed by atoms with E-state index in [9.17, 15) is 5.11 Å². The Labute approximate surface area is 113 Å². The molecule has 1 aromatic carbocycles. The van der Waals surface area contributed by atoms with Crippen LogP contribution in [0, 0.1) is 0 Å². The zero-order valence-electron chi connectivity index (χ0n) is 11.4. The molecule has 0 aromatic heterocycles. The Morgan fingerprint density at radius 3 is 2.84 bits per heavy atom. The lowest BCUT2D eigenvalue weighted by Gasteiger charge is -2.44. The molecule has 5 heteroatoms. The molecule has 3 rings (SSSR count). The van der Waals surface area contributed by atoms with E-state index >= 15 is 0 Å². The third kappa shape index (κ3) is 2.24. The highest BCUT2D eigenvalue weighted by molar-refractivity contribution is 5.57. The van der Waals surface area contributed by atoms with Crippen LogP contribution in [0.5, 0.6) is 11.5 Å². The van der Waals surface area contributed by atoms with Crippen LogP contribution < -0.4 is 14.4 Å². The van der Waals surface area contributed by atoms with Crippen molar-refractivity contribution in [3.63, 3.8) is 0 Å². The molecule has 2 atom stereocenters. The number of hydrogen-bond acceptors (Lipinski definition) is 5. The molecule has 0 amide bonds. The molecule has 1 N–H and O–H groups in total. The highest BCUT2D eigenvalue weighted by Gasteiger charge is 2.29. The minimum atomic E-state index is 0.175. The van der Waals surface area contributed by atoms with Crippen LogP contribution in [-0.2, 0) is 0 Å². The van der Waals surface area contributed by atoms with Crippen molar-refractivity contribution in [3.8, 4) is 11.5 Å². The van der Waals surface area contributed by atoms with Gasteiger partial charge in [-0.1, -0.05) is 0 Å². The van der Waals surface area contributed by atoms with Gasteiger partial charge in [0.15, 0.2) is 11.5 Å². The van der Waals surface area contributed by atoms with E-state index in [1.165, 1.54) is 0 Å². The average molecular weight is 264 g/mol. The van der Waals surface area contributed by atoms with Gasteiger partial charge in [0.05, 0.1) is 12.6 Å². The van der Waals surface area contributed by atoms with Crippen molar-refractivity contribution in [2.24, 2.45) is 0 Å². The Morgan fingerprint density at radius 1 is 1.26 bits per heavy atom. The van der Waals surface area contributed by atoms with Gasteiger partial charge in [0, 0.05) is 30.9 Å². The maximum Gasteiger partial charge on any atom is 0.231 e. The second kappa shape index (κ2) is 4.90. The van der Waals surface area contributed by atoms with Gasteiger partial charge in [-0.25, -0.2) is 0 Å². The largest absolute Gasteiger partial charge is 0.454 e. The Hall–Kier alpha value is -1.46. The zero-order chi connectivity index (χ0) is 13.4. The molecule has 1 saturated heterocycles. The van der Waals surface area contributed by atoms with Gasteiger partial charge in [-0.05, 0) is 26.1 Å². The van der Waals surface area contributed by atoms with Crippen LogP contribution in [0.15, 0.2) is 18.2 Å². The van der Waals surface area contributed by atoms with Gasteiger partial charge in [-0.2, -0.15) is 0 Å². The van der Waals surface area contributed by atoms with E-state index in [1.54, 1.807) is 0 Å². The molecule has 1 aromatic rings. The van der Waals surface area contributed by atoms with Crippen molar-refractivity contribution >= 4 is 5.69 Å². The van der Waals surface area contributed by atoms with Crippen LogP contribution in [0.2, 0.25) is 0 Å². The predicted molar refractivity (Wildman–Crippen MR) is 72.9 cm³/mol. The quantitative estimate of drug-likeness (QED) is 0.860. The monoisotopic (exact) mass is 264 g/mol. The molecule has 104 valence electrons. The highest BCUT2D eigenvalue weighted by Crippen LogP contribution is 2.36. The van der Waals surface area contributed by atoms with E-state index in [1.807, 2.05) is 12.1 Å². The molecule has 0 aliphatic carbocycles. The maximum atomic E-state index is 9.49. The minimum absolute atomic E-state index is 0.175. The number of rotatable bonds is 2. The van der Waals surface area contributed by atoms with Gasteiger partial charge in [0.1, 0.15) is 0 Å². The summed E-state index contributed by atoms with van der Waals surface area (Å²) in [4.78, 5) is 4.54. The summed E-state index contributed by atoms with van der Waals surface area (Å²) in [7, 11) is 2.07. The van der Waals surface area contributed by atoms with E-state index in [0.717, 1.165) is 30.3 Å². The van der Waals surface area contributed by atoms with E-state index in [4.69, 9.17) is 9.47 Å². The second-order valence-corrected chi connectivity index (χ2v) is 5.29. The van der Waals surface area contributed by atoms with E-state index in [-0.39, 0.29) is 12.6 Å². The summed E-state index contributed by atoms with van der Waals surface area (Å²) in [6.07, 6.45) is 0. The number of piperazine rings is 1. The number of nitrogens with zero attached hydrogens (tertiary/aromatic N) is 2. The zero-order valence-corrected chi connectivity index (χ0v) is 11.4. The van der Waals surface area contributed by atoms with Crippen LogP contribution in [-0.4, -0.2) is 55.6 Å². The lowest BCUT2D eigenvalue weighted by atomic mass is 10.1. The summed E-state index contributed by atoms with van der Waals surface area (Å²) >= 11 is 0. The Bertz CT molecular complexity index is 466. The molecule has 2 aliphatic heterocycles. The first-order chi connectivity index (χ1) is 9.19. The normalized spacial score (nSPS) is 26.8. The molecule has 19 heavy (non-hydrogen) atoms. The number of likely N-dealkylation sites (N-methyl/N-ethyl adjacent to an activating group) is 1. The summed E-state index contributed by atoms with van der Waals surface area (Å²) in [5.74, 6) is 1.62. The first-order valence-corrected chi connectivity index (χ1v) is 6.66. The minimum Gasteiger partial charge on any atom is -0.454 e. The molecule has 0 radical (unpaired) electrons. The number of ether oxygens (including phenoxy) is 2. The number of benzene rings is 1. The number of aliphatic hydroxyl groups is 1. The summed E-state index contributed by atoms with van der Waals surface area (Å²) < 4.78 is 10.8. The SMILES string of the molecule is CC1CN(c2ccc3c(c2)OCO3)CC(CO)N1C. The first-order valence-electron chi connectivity index (χ1n) is 6.66. The summed E-state index contributed by atoms with van der Waals surface area (Å²) in [6.45, 7) is 4.45. The van der Waals surface area contributed by atoms with Crippen LogP contribution in [0.25, 0.3) is 0 Å². The molecule has 2 unspecified atom stereocenters. The molecular weight excluding hydrogens is 244 g/mol. The van der Waals surface area contributed by atoms with Gasteiger partial charge in [-0.3, -0.25) is 4.90 Å². The third-order valence-electron chi connectivity index (χ3n) is 4.12. The Balaban J connectivity index is 1.82. The lowest BCUT2D eigenvalue weighted by Crippen LogP contribution is -2.57. The van der Waals surface area contributed by atoms with Crippen molar-refractivity contribution < 1.29 is 14.6 Å². The van der Waals surface area contributed by atoms with Gasteiger partial charge in [0.2, 0.25) is 6.79 Å². The van der Waals surface area contributed by atoms with Gasteiger partial charge in [-0.15, -0.1) is 0 Å². The van der Waals surface area contributed by atoms with Crippen molar-refractivity contribution in [1.82, 2.24) is 4.90 Å². The van der Waals surface area contributed by atoms with Crippen molar-refractivity contribution in [2.45, 2.75) is 19.0 Å². The maximum absolute atomic E-state index is 9.49. The molecule has 2 heterocycles. The topological polar surface area (TPSA) is 45.2 Å². The number of aliphatic hydroxyl groups excluding tert-OH is 1. The summed E-state index contributed by atoms with van der Waals surface area (Å²) in [6, 6.07) is 6.62. The van der Waals surface area contributed by atoms with E-state index in [0.29, 0.717) is 12.8 Å². The molecule has 5 nitrogen and oxygen atoms in total. The van der Waals surface area contributed by atoms with E-state index < -0.39 is 0 Å². The van der Waals surface area contributed by atoms with Gasteiger partial charge < -0.3 is 19.5 Å². The number of anilines is 1. The van der Waals surface area contributed by atoms with Crippen LogP contribution >= 0.6 is 0 Å². The molecule has 2 aliphatic rings.